The average molecular weight is 306 g/mol. The van der Waals surface area contributed by atoms with Crippen LogP contribution in [0.25, 0.3) is 5.82 Å². The Hall–Kier alpha value is -1.37. The van der Waals surface area contributed by atoms with Gasteiger partial charge in [-0.1, -0.05) is 6.07 Å². The molecule has 2 rings (SSSR count). The summed E-state index contributed by atoms with van der Waals surface area (Å²) in [6.45, 7) is 9.78. The van der Waals surface area contributed by atoms with E-state index in [1.807, 2.05) is 63.7 Å². The molecule has 0 radical (unpaired) electrons. The van der Waals surface area contributed by atoms with Crippen molar-refractivity contribution >= 4 is 11.4 Å². The zero-order valence-electron chi connectivity index (χ0n) is 13.1. The molecule has 0 aliphatic carbocycles. The van der Waals surface area contributed by atoms with Crippen molar-refractivity contribution in [3.63, 3.8) is 0 Å². The topological polar surface area (TPSA) is 65.8 Å². The van der Waals surface area contributed by atoms with Crippen LogP contribution in [-0.2, 0) is 11.4 Å². The fourth-order valence-corrected chi connectivity index (χ4v) is 2.57. The van der Waals surface area contributed by atoms with E-state index < -0.39 is 11.4 Å². The predicted octanol–water partition coefficient (Wildman–Crippen LogP) is 2.69. The molecule has 6 heteroatoms. The van der Waals surface area contributed by atoms with Crippen LogP contribution in [0.3, 0.4) is 0 Å². The van der Waals surface area contributed by atoms with Crippen molar-refractivity contribution in [3.8, 4) is 5.82 Å². The van der Waals surface area contributed by atoms with Crippen LogP contribution in [0.15, 0.2) is 30.9 Å². The largest absolute Gasteiger partial charge is 0.598 e. The first-order valence-corrected chi connectivity index (χ1v) is 8.07. The molecule has 0 aromatic carbocycles. The van der Waals surface area contributed by atoms with Crippen molar-refractivity contribution < 1.29 is 4.55 Å². The van der Waals surface area contributed by atoms with Crippen LogP contribution in [0.5, 0.6) is 0 Å². The second kappa shape index (κ2) is 6.17. The fourth-order valence-electron chi connectivity index (χ4n) is 1.76. The van der Waals surface area contributed by atoms with Crippen LogP contribution in [0, 0.1) is 6.92 Å². The van der Waals surface area contributed by atoms with E-state index in [1.54, 1.807) is 6.33 Å². The van der Waals surface area contributed by atoms with Crippen molar-refractivity contribution in [1.82, 2.24) is 19.3 Å². The number of nitrogens with one attached hydrogen (secondary N) is 1. The monoisotopic (exact) mass is 306 g/mol. The summed E-state index contributed by atoms with van der Waals surface area (Å²) in [5.41, 5.74) is 1.96. The lowest BCUT2D eigenvalue weighted by atomic mass is 10.1. The molecule has 0 saturated heterocycles. The Labute approximate surface area is 129 Å². The van der Waals surface area contributed by atoms with Crippen LogP contribution < -0.4 is 4.72 Å². The zero-order valence-corrected chi connectivity index (χ0v) is 13.9. The second-order valence-electron chi connectivity index (χ2n) is 6.09. The third-order valence-corrected chi connectivity index (χ3v) is 4.77. The molecule has 0 amide bonds. The predicted molar refractivity (Wildman–Crippen MR) is 85.5 cm³/mol. The van der Waals surface area contributed by atoms with E-state index in [0.29, 0.717) is 0 Å². The molecule has 0 saturated carbocycles. The molecule has 1 unspecified atom stereocenters. The quantitative estimate of drug-likeness (QED) is 0.882. The molecule has 21 heavy (non-hydrogen) atoms. The fraction of sp³-hybridized carbons (Fsp3) is 0.467. The van der Waals surface area contributed by atoms with E-state index in [-0.39, 0.29) is 10.8 Å². The lowest BCUT2D eigenvalue weighted by molar-refractivity contribution is 0.531. The Morgan fingerprint density at radius 3 is 2.48 bits per heavy atom. The Bertz CT molecular complexity index is 588. The molecule has 2 aromatic rings. The van der Waals surface area contributed by atoms with Gasteiger partial charge in [0.15, 0.2) is 0 Å². The molecular weight excluding hydrogens is 284 g/mol. The average Bonchev–Trinajstić information content (AvgIpc) is 2.84. The van der Waals surface area contributed by atoms with Gasteiger partial charge >= 0.3 is 0 Å². The molecule has 2 aromatic heterocycles. The van der Waals surface area contributed by atoms with Gasteiger partial charge in [0.1, 0.15) is 16.9 Å². The Kier molecular flexibility index (Phi) is 4.70. The van der Waals surface area contributed by atoms with Crippen molar-refractivity contribution in [2.24, 2.45) is 0 Å². The number of nitrogens with zero attached hydrogens (tertiary/aromatic N) is 3. The van der Waals surface area contributed by atoms with E-state index in [9.17, 15) is 4.55 Å². The van der Waals surface area contributed by atoms with Gasteiger partial charge in [0.05, 0.1) is 11.7 Å². The summed E-state index contributed by atoms with van der Waals surface area (Å²) >= 11 is -1.10. The highest BCUT2D eigenvalue weighted by atomic mass is 32.2. The second-order valence-corrected chi connectivity index (χ2v) is 8.09. The minimum absolute atomic E-state index is 0.0175. The highest BCUT2D eigenvalue weighted by Crippen LogP contribution is 2.19. The number of imidazole rings is 1. The summed E-state index contributed by atoms with van der Waals surface area (Å²) in [7, 11) is 0. The SMILES string of the molecule is Cc1cn(-c2ccc([C@H](C)N[S+]([O-])C(C)(C)C)cn2)cn1. The Morgan fingerprint density at radius 2 is 2.00 bits per heavy atom. The number of rotatable bonds is 4. The summed E-state index contributed by atoms with van der Waals surface area (Å²) in [5, 5.41) is 0. The molecule has 0 spiro atoms. The molecule has 114 valence electrons. The van der Waals surface area contributed by atoms with Crippen LogP contribution in [0.1, 0.15) is 45.0 Å². The summed E-state index contributed by atoms with van der Waals surface area (Å²) in [6.07, 6.45) is 5.48. The van der Waals surface area contributed by atoms with Crippen molar-refractivity contribution in [1.29, 1.82) is 0 Å². The zero-order chi connectivity index (χ0) is 15.6. The molecule has 0 fully saturated rings. The first-order chi connectivity index (χ1) is 9.77. The van der Waals surface area contributed by atoms with Crippen LogP contribution >= 0.6 is 0 Å². The molecule has 0 aliphatic heterocycles. The van der Waals surface area contributed by atoms with Crippen LogP contribution in [0.4, 0.5) is 0 Å². The molecule has 5 nitrogen and oxygen atoms in total. The number of aryl methyl sites for hydroxylation is 1. The summed E-state index contributed by atoms with van der Waals surface area (Å²) < 4.78 is 16.8. The lowest BCUT2D eigenvalue weighted by Crippen LogP contribution is -2.40. The molecule has 2 heterocycles. The van der Waals surface area contributed by atoms with Gasteiger partial charge < -0.3 is 4.55 Å². The lowest BCUT2D eigenvalue weighted by Gasteiger charge is -2.26. The third-order valence-electron chi connectivity index (χ3n) is 3.09. The molecule has 2 atom stereocenters. The van der Waals surface area contributed by atoms with Gasteiger partial charge in [-0.15, -0.1) is 4.72 Å². The van der Waals surface area contributed by atoms with Crippen molar-refractivity contribution in [3.05, 3.63) is 42.1 Å². The summed E-state index contributed by atoms with van der Waals surface area (Å²) in [5.74, 6) is 0.823. The minimum Gasteiger partial charge on any atom is -0.598 e. The van der Waals surface area contributed by atoms with Crippen LogP contribution in [0.2, 0.25) is 0 Å². The van der Waals surface area contributed by atoms with Gasteiger partial charge in [-0.05, 0) is 46.2 Å². The molecular formula is C15H22N4OS. The smallest absolute Gasteiger partial charge is 0.137 e. The van der Waals surface area contributed by atoms with E-state index >= 15 is 0 Å². The van der Waals surface area contributed by atoms with E-state index in [0.717, 1.165) is 17.1 Å². The van der Waals surface area contributed by atoms with Crippen molar-refractivity contribution in [2.75, 3.05) is 0 Å². The third kappa shape index (κ3) is 4.06. The van der Waals surface area contributed by atoms with Gasteiger partial charge in [-0.25, -0.2) is 9.97 Å². The Morgan fingerprint density at radius 1 is 1.29 bits per heavy atom. The highest BCUT2D eigenvalue weighted by Gasteiger charge is 2.28. The number of hydrogen-bond acceptors (Lipinski definition) is 4. The van der Waals surface area contributed by atoms with Gasteiger partial charge in [0, 0.05) is 23.8 Å². The van der Waals surface area contributed by atoms with Gasteiger partial charge in [0.2, 0.25) is 0 Å². The highest BCUT2D eigenvalue weighted by molar-refractivity contribution is 7.90. The van der Waals surface area contributed by atoms with Gasteiger partial charge in [-0.3, -0.25) is 4.57 Å². The summed E-state index contributed by atoms with van der Waals surface area (Å²) in [6, 6.07) is 3.92. The normalized spacial score (nSPS) is 15.0. The Balaban J connectivity index is 2.08. The van der Waals surface area contributed by atoms with E-state index in [1.165, 1.54) is 0 Å². The maximum absolute atomic E-state index is 12.1. The van der Waals surface area contributed by atoms with Crippen LogP contribution in [-0.4, -0.2) is 23.8 Å². The number of pyridine rings is 1. The number of hydrogen-bond donors (Lipinski definition) is 1. The van der Waals surface area contributed by atoms with Crippen molar-refractivity contribution in [2.45, 2.75) is 45.4 Å². The van der Waals surface area contributed by atoms with Gasteiger partial charge in [0.25, 0.3) is 0 Å². The molecule has 0 bridgehead atoms. The maximum atomic E-state index is 12.1. The maximum Gasteiger partial charge on any atom is 0.137 e. The first kappa shape index (κ1) is 16.0. The standard InChI is InChI=1S/C15H22N4OS/c1-11-9-19(10-17-11)14-7-6-13(8-16-14)12(2)18-21(20)15(3,4)5/h6-10,12,18H,1-5H3/t12-,21?/m0/s1. The first-order valence-electron chi connectivity index (χ1n) is 6.92. The summed E-state index contributed by atoms with van der Waals surface area (Å²) in [4.78, 5) is 8.62. The van der Waals surface area contributed by atoms with Gasteiger partial charge in [-0.2, -0.15) is 0 Å². The minimum atomic E-state index is -1.10. The number of aromatic nitrogens is 3. The molecule has 0 aliphatic rings. The molecule has 1 N–H and O–H groups in total. The van der Waals surface area contributed by atoms with E-state index in [4.69, 9.17) is 0 Å². The van der Waals surface area contributed by atoms with E-state index in [2.05, 4.69) is 14.7 Å².